The summed E-state index contributed by atoms with van der Waals surface area (Å²) >= 11 is 0. The molecular weight excluding hydrogens is 388 g/mol. The van der Waals surface area contributed by atoms with Gasteiger partial charge in [0.2, 0.25) is 0 Å². The topological polar surface area (TPSA) is 88.8 Å². The van der Waals surface area contributed by atoms with Crippen LogP contribution in [0, 0.1) is 18.6 Å². The molecule has 30 heavy (non-hydrogen) atoms. The summed E-state index contributed by atoms with van der Waals surface area (Å²) in [5.74, 6) is -1.94. The fourth-order valence-corrected chi connectivity index (χ4v) is 3.14. The lowest BCUT2D eigenvalue weighted by molar-refractivity contribution is 0.0997. The number of fused-ring (bicyclic) bond motifs is 1. The number of aromatic amines is 1. The van der Waals surface area contributed by atoms with Crippen molar-refractivity contribution in [1.82, 2.24) is 9.97 Å². The number of pyridine rings is 2. The van der Waals surface area contributed by atoms with Crippen molar-refractivity contribution in [1.29, 1.82) is 0 Å². The molecule has 0 bridgehead atoms. The van der Waals surface area contributed by atoms with Crippen molar-refractivity contribution < 1.29 is 13.6 Å². The monoisotopic (exact) mass is 415 g/mol. The number of halogens is 2. The molecule has 0 aliphatic rings. The molecule has 1 amide bonds. The Labute approximate surface area is 174 Å². The van der Waals surface area contributed by atoms with Gasteiger partial charge in [0, 0.05) is 18.0 Å². The number of carbonyl (C=O) groups excluding carboxylic acids is 1. The van der Waals surface area contributed by atoms with Crippen LogP contribution in [0.15, 0.2) is 41.3 Å². The molecule has 0 aliphatic heterocycles. The fourth-order valence-electron chi connectivity index (χ4n) is 3.14. The third-order valence-corrected chi connectivity index (χ3v) is 4.91. The number of aromatic nitrogens is 2. The normalized spacial score (nSPS) is 11.6. The smallest absolute Gasteiger partial charge is 0.268 e. The Hall–Kier alpha value is -3.09. The van der Waals surface area contributed by atoms with E-state index in [1.165, 1.54) is 38.1 Å². The average molecular weight is 415 g/mol. The molecule has 2 aromatic heterocycles. The summed E-state index contributed by atoms with van der Waals surface area (Å²) in [7, 11) is 0. The molecule has 0 fully saturated rings. The van der Waals surface area contributed by atoms with Gasteiger partial charge in [-0.15, -0.1) is 0 Å². The summed E-state index contributed by atoms with van der Waals surface area (Å²) in [4.78, 5) is 30.8. The molecule has 0 saturated carbocycles. The van der Waals surface area contributed by atoms with E-state index in [-0.39, 0.29) is 22.4 Å². The zero-order chi connectivity index (χ0) is 22.3. The molecule has 1 unspecified atom stereocenters. The van der Waals surface area contributed by atoms with Gasteiger partial charge in [0.05, 0.1) is 10.9 Å². The molecule has 1 atom stereocenters. The number of carbonyl (C=O) groups is 1. The van der Waals surface area contributed by atoms with E-state index < -0.39 is 17.5 Å². The molecule has 0 radical (unpaired) electrons. The molecule has 3 N–H and O–H groups in total. The van der Waals surface area contributed by atoms with Crippen LogP contribution in [0.3, 0.4) is 0 Å². The molecule has 3 aromatic rings. The van der Waals surface area contributed by atoms with E-state index >= 15 is 0 Å². The number of hydrogen-bond acceptors (Lipinski definition) is 3. The lowest BCUT2D eigenvalue weighted by Gasteiger charge is -2.13. The van der Waals surface area contributed by atoms with Crippen LogP contribution in [-0.4, -0.2) is 15.9 Å². The van der Waals surface area contributed by atoms with E-state index in [1.54, 1.807) is 12.1 Å². The SMILES string of the molecule is CCCCCC(C)c1cc(=O)c2c(C(N)=O)nccc2[nH]1.Cc1cccc(F)c1F. The highest BCUT2D eigenvalue weighted by molar-refractivity contribution is 6.03. The number of nitrogens with one attached hydrogen (secondary N) is 1. The number of rotatable bonds is 6. The predicted molar refractivity (Wildman–Crippen MR) is 115 cm³/mol. The van der Waals surface area contributed by atoms with E-state index in [0.29, 0.717) is 11.1 Å². The summed E-state index contributed by atoms with van der Waals surface area (Å²) < 4.78 is 24.6. The van der Waals surface area contributed by atoms with Crippen molar-refractivity contribution in [2.24, 2.45) is 5.73 Å². The van der Waals surface area contributed by atoms with E-state index in [1.807, 2.05) is 0 Å². The third-order valence-electron chi connectivity index (χ3n) is 4.91. The van der Waals surface area contributed by atoms with Crippen LogP contribution >= 0.6 is 0 Å². The zero-order valence-electron chi connectivity index (χ0n) is 17.5. The van der Waals surface area contributed by atoms with Crippen LogP contribution in [0.25, 0.3) is 10.9 Å². The minimum absolute atomic E-state index is 0.0268. The van der Waals surface area contributed by atoms with Gasteiger partial charge in [0.15, 0.2) is 17.1 Å². The van der Waals surface area contributed by atoms with Crippen LogP contribution in [0.2, 0.25) is 0 Å². The highest BCUT2D eigenvalue weighted by Crippen LogP contribution is 2.21. The Balaban J connectivity index is 0.000000297. The van der Waals surface area contributed by atoms with E-state index in [4.69, 9.17) is 5.73 Å². The van der Waals surface area contributed by atoms with Crippen molar-refractivity contribution >= 4 is 16.8 Å². The molecule has 5 nitrogen and oxygen atoms in total. The van der Waals surface area contributed by atoms with Gasteiger partial charge in [-0.1, -0.05) is 45.2 Å². The van der Waals surface area contributed by atoms with Crippen molar-refractivity contribution in [2.75, 3.05) is 0 Å². The van der Waals surface area contributed by atoms with E-state index in [2.05, 4.69) is 23.8 Å². The molecule has 1 aromatic carbocycles. The molecule has 0 saturated heterocycles. The second-order valence-corrected chi connectivity index (χ2v) is 7.30. The molecule has 3 rings (SSSR count). The largest absolute Gasteiger partial charge is 0.364 e. The Morgan fingerprint density at radius 2 is 1.97 bits per heavy atom. The fraction of sp³-hybridized carbons (Fsp3) is 0.348. The van der Waals surface area contributed by atoms with Gasteiger partial charge < -0.3 is 10.7 Å². The zero-order valence-corrected chi connectivity index (χ0v) is 17.5. The highest BCUT2D eigenvalue weighted by Gasteiger charge is 2.14. The van der Waals surface area contributed by atoms with Gasteiger partial charge in [0.25, 0.3) is 5.91 Å². The summed E-state index contributed by atoms with van der Waals surface area (Å²) in [5, 5.41) is 0.273. The van der Waals surface area contributed by atoms with Gasteiger partial charge in [0.1, 0.15) is 5.69 Å². The van der Waals surface area contributed by atoms with Gasteiger partial charge in [-0.05, 0) is 37.0 Å². The number of primary amides is 1. The average Bonchev–Trinajstić information content (AvgIpc) is 2.72. The first-order valence-electron chi connectivity index (χ1n) is 9.98. The Morgan fingerprint density at radius 1 is 1.23 bits per heavy atom. The summed E-state index contributed by atoms with van der Waals surface area (Å²) in [6.45, 7) is 5.79. The van der Waals surface area contributed by atoms with Crippen molar-refractivity contribution in [3.05, 3.63) is 75.3 Å². The predicted octanol–water partition coefficient (Wildman–Crippen LogP) is 4.98. The first kappa shape index (κ1) is 23.2. The first-order valence-corrected chi connectivity index (χ1v) is 9.98. The second kappa shape index (κ2) is 10.6. The van der Waals surface area contributed by atoms with Crippen LogP contribution in [-0.2, 0) is 0 Å². The number of nitrogens with two attached hydrogens (primary N) is 1. The van der Waals surface area contributed by atoms with Crippen LogP contribution in [0.4, 0.5) is 8.78 Å². The van der Waals surface area contributed by atoms with Gasteiger partial charge in [-0.2, -0.15) is 0 Å². The third kappa shape index (κ3) is 5.72. The number of aryl methyl sites for hydroxylation is 1. The molecule has 0 aliphatic carbocycles. The number of nitrogens with zero attached hydrogens (tertiary/aromatic N) is 1. The van der Waals surface area contributed by atoms with Crippen LogP contribution < -0.4 is 11.2 Å². The second-order valence-electron chi connectivity index (χ2n) is 7.30. The van der Waals surface area contributed by atoms with Crippen LogP contribution in [0.5, 0.6) is 0 Å². The molecule has 0 spiro atoms. The van der Waals surface area contributed by atoms with Crippen molar-refractivity contribution in [3.8, 4) is 0 Å². The lowest BCUT2D eigenvalue weighted by Crippen LogP contribution is -2.18. The Morgan fingerprint density at radius 3 is 2.57 bits per heavy atom. The van der Waals surface area contributed by atoms with E-state index in [9.17, 15) is 18.4 Å². The van der Waals surface area contributed by atoms with Gasteiger partial charge in [-0.25, -0.2) is 8.78 Å². The Bertz CT molecular complexity index is 1060. The molecule has 2 heterocycles. The minimum Gasteiger partial charge on any atom is -0.364 e. The number of H-pyrrole nitrogens is 1. The Kier molecular flexibility index (Phi) is 8.21. The number of hydrogen-bond donors (Lipinski definition) is 2. The maximum absolute atomic E-state index is 12.4. The maximum Gasteiger partial charge on any atom is 0.268 e. The van der Waals surface area contributed by atoms with Gasteiger partial charge >= 0.3 is 0 Å². The summed E-state index contributed by atoms with van der Waals surface area (Å²) in [5.41, 5.74) is 6.95. The minimum atomic E-state index is -0.782. The van der Waals surface area contributed by atoms with Crippen molar-refractivity contribution in [3.63, 3.8) is 0 Å². The standard InChI is InChI=1S/C16H21N3O2.C7H6F2/c1-3-4-5-6-10(2)12-9-13(20)14-11(19-12)7-8-18-15(14)16(17)21;1-5-3-2-4-6(8)7(5)9/h7-10H,3-6H2,1-2H3,(H2,17,21)(H,19,20);2-4H,1H3. The lowest BCUT2D eigenvalue weighted by atomic mass is 9.98. The van der Waals surface area contributed by atoms with Crippen molar-refractivity contribution in [2.45, 2.75) is 52.4 Å². The molecule has 7 heteroatoms. The number of amides is 1. The number of unbranched alkanes of at least 4 members (excludes halogenated alkanes) is 2. The molecule has 160 valence electrons. The quantitative estimate of drug-likeness (QED) is 0.557. The van der Waals surface area contributed by atoms with E-state index in [0.717, 1.165) is 24.6 Å². The highest BCUT2D eigenvalue weighted by atomic mass is 19.2. The summed E-state index contributed by atoms with van der Waals surface area (Å²) in [6.07, 6.45) is 6.03. The molecular formula is C23H27F2N3O2. The first-order chi connectivity index (χ1) is 14.3. The maximum atomic E-state index is 12.4. The van der Waals surface area contributed by atoms with Crippen LogP contribution in [0.1, 0.15) is 67.2 Å². The summed E-state index contributed by atoms with van der Waals surface area (Å²) in [6, 6.07) is 7.37. The van der Waals surface area contributed by atoms with Gasteiger partial charge in [-0.3, -0.25) is 14.6 Å². The number of benzene rings is 1.